The van der Waals surface area contributed by atoms with Gasteiger partial charge < -0.3 is 9.47 Å². The van der Waals surface area contributed by atoms with Crippen LogP contribution in [0.4, 0.5) is 0 Å². The first-order valence-electron chi connectivity index (χ1n) is 8.78. The highest BCUT2D eigenvalue weighted by atomic mass is 32.2. The maximum absolute atomic E-state index is 12.9. The summed E-state index contributed by atoms with van der Waals surface area (Å²) in [7, 11) is 1.07. The van der Waals surface area contributed by atoms with Crippen LogP contribution in [0.1, 0.15) is 5.56 Å². The normalized spacial score (nSPS) is 16.6. The minimum atomic E-state index is -3.78. The molecule has 1 aromatic heterocycles. The lowest BCUT2D eigenvalue weighted by atomic mass is 10.0. The Kier molecular flexibility index (Phi) is 4.43. The van der Waals surface area contributed by atoms with Crippen molar-refractivity contribution in [3.8, 4) is 11.5 Å². The van der Waals surface area contributed by atoms with Crippen molar-refractivity contribution in [2.24, 2.45) is 14.1 Å². The molecule has 0 fully saturated rings. The van der Waals surface area contributed by atoms with Crippen molar-refractivity contribution >= 4 is 21.1 Å². The van der Waals surface area contributed by atoms with Crippen LogP contribution in [0.5, 0.6) is 11.5 Å². The molecule has 8 nitrogen and oxygen atoms in total. The highest BCUT2D eigenvalue weighted by molar-refractivity contribution is 7.89. The molecular formula is C19H21N3O5S. The summed E-state index contributed by atoms with van der Waals surface area (Å²) in [6, 6.07) is 9.81. The average molecular weight is 403 g/mol. The van der Waals surface area contributed by atoms with Crippen LogP contribution in [0.3, 0.4) is 0 Å². The van der Waals surface area contributed by atoms with Crippen molar-refractivity contribution in [3.05, 3.63) is 52.4 Å². The molecule has 4 rings (SSSR count). The second kappa shape index (κ2) is 6.68. The first-order chi connectivity index (χ1) is 13.3. The molecule has 1 aliphatic heterocycles. The van der Waals surface area contributed by atoms with Crippen molar-refractivity contribution in [1.82, 2.24) is 13.9 Å². The Morgan fingerprint density at radius 2 is 1.89 bits per heavy atom. The minimum Gasteiger partial charge on any atom is -0.493 e. The van der Waals surface area contributed by atoms with Crippen molar-refractivity contribution in [3.63, 3.8) is 0 Å². The number of imidazole rings is 1. The standard InChI is InChI=1S/C19H21N3O5S/c1-21-15-8-7-14(10-16(15)22(2)19(21)23)28(24,25)20-13-9-12-5-4-6-17(26-3)18(12)27-11-13/h4-8,10,13,20H,9,11H2,1-3H3. The fourth-order valence-electron chi connectivity index (χ4n) is 3.57. The lowest BCUT2D eigenvalue weighted by molar-refractivity contribution is 0.240. The molecule has 1 aliphatic rings. The maximum atomic E-state index is 12.9. The Labute approximate surface area is 162 Å². The molecule has 0 amide bonds. The number of aryl methyl sites for hydroxylation is 2. The van der Waals surface area contributed by atoms with Crippen LogP contribution >= 0.6 is 0 Å². The van der Waals surface area contributed by atoms with E-state index >= 15 is 0 Å². The first kappa shape index (κ1) is 18.6. The van der Waals surface area contributed by atoms with E-state index in [2.05, 4.69) is 4.72 Å². The molecule has 0 saturated carbocycles. The van der Waals surface area contributed by atoms with Crippen molar-refractivity contribution < 1.29 is 17.9 Å². The number of ether oxygens (including phenoxy) is 2. The fourth-order valence-corrected chi connectivity index (χ4v) is 4.81. The average Bonchev–Trinajstić information content (AvgIpc) is 2.91. The SMILES string of the molecule is COc1cccc2c1OCC(NS(=O)(=O)c1ccc3c(c1)n(C)c(=O)n3C)C2. The van der Waals surface area contributed by atoms with E-state index < -0.39 is 16.1 Å². The van der Waals surface area contributed by atoms with Gasteiger partial charge in [-0.2, -0.15) is 0 Å². The third-order valence-electron chi connectivity index (χ3n) is 5.05. The molecule has 0 saturated heterocycles. The zero-order chi connectivity index (χ0) is 20.1. The maximum Gasteiger partial charge on any atom is 0.328 e. The summed E-state index contributed by atoms with van der Waals surface area (Å²) < 4.78 is 42.5. The van der Waals surface area contributed by atoms with Gasteiger partial charge in [-0.1, -0.05) is 12.1 Å². The van der Waals surface area contributed by atoms with Crippen LogP contribution < -0.4 is 19.9 Å². The Bertz CT molecular complexity index is 1230. The molecule has 0 spiro atoms. The minimum absolute atomic E-state index is 0.109. The number of nitrogens with one attached hydrogen (secondary N) is 1. The van der Waals surface area contributed by atoms with E-state index in [0.717, 1.165) is 5.56 Å². The van der Waals surface area contributed by atoms with Gasteiger partial charge >= 0.3 is 5.69 Å². The topological polar surface area (TPSA) is 91.6 Å². The molecule has 0 bridgehead atoms. The number of para-hydroxylation sites is 1. The number of methoxy groups -OCH3 is 1. The molecule has 1 unspecified atom stereocenters. The zero-order valence-corrected chi connectivity index (χ0v) is 16.6. The molecule has 0 aliphatic carbocycles. The van der Waals surface area contributed by atoms with Gasteiger partial charge in [-0.05, 0) is 36.2 Å². The van der Waals surface area contributed by atoms with Crippen LogP contribution in [0.2, 0.25) is 0 Å². The molecule has 2 aromatic carbocycles. The Morgan fingerprint density at radius 3 is 2.64 bits per heavy atom. The van der Waals surface area contributed by atoms with Gasteiger partial charge in [0.15, 0.2) is 11.5 Å². The number of hydrogen-bond acceptors (Lipinski definition) is 5. The van der Waals surface area contributed by atoms with Crippen molar-refractivity contribution in [2.75, 3.05) is 13.7 Å². The quantitative estimate of drug-likeness (QED) is 0.706. The molecule has 28 heavy (non-hydrogen) atoms. The van der Waals surface area contributed by atoms with Crippen LogP contribution in [-0.2, 0) is 30.5 Å². The number of aromatic nitrogens is 2. The molecule has 1 atom stereocenters. The molecule has 148 valence electrons. The van der Waals surface area contributed by atoms with Gasteiger partial charge in [0.2, 0.25) is 10.0 Å². The van der Waals surface area contributed by atoms with Gasteiger partial charge in [0.05, 0.1) is 29.1 Å². The monoisotopic (exact) mass is 403 g/mol. The highest BCUT2D eigenvalue weighted by Gasteiger charge is 2.27. The van der Waals surface area contributed by atoms with E-state index in [-0.39, 0.29) is 17.2 Å². The third-order valence-corrected chi connectivity index (χ3v) is 6.57. The van der Waals surface area contributed by atoms with E-state index in [0.29, 0.717) is 29.0 Å². The van der Waals surface area contributed by atoms with E-state index in [1.807, 2.05) is 18.2 Å². The summed E-state index contributed by atoms with van der Waals surface area (Å²) >= 11 is 0. The van der Waals surface area contributed by atoms with Crippen LogP contribution in [0, 0.1) is 0 Å². The lowest BCUT2D eigenvalue weighted by Gasteiger charge is -2.27. The molecule has 9 heteroatoms. The van der Waals surface area contributed by atoms with E-state index in [9.17, 15) is 13.2 Å². The number of hydrogen-bond donors (Lipinski definition) is 1. The highest BCUT2D eigenvalue weighted by Crippen LogP contribution is 2.34. The van der Waals surface area contributed by atoms with E-state index in [1.54, 1.807) is 27.3 Å². The summed E-state index contributed by atoms with van der Waals surface area (Å²) in [6.07, 6.45) is 0.498. The van der Waals surface area contributed by atoms with E-state index in [4.69, 9.17) is 9.47 Å². The number of rotatable bonds is 4. The summed E-state index contributed by atoms with van der Waals surface area (Å²) in [6.45, 7) is 0.207. The first-order valence-corrected chi connectivity index (χ1v) is 10.3. The lowest BCUT2D eigenvalue weighted by Crippen LogP contribution is -2.42. The van der Waals surface area contributed by atoms with Gasteiger partial charge in [0.25, 0.3) is 0 Å². The third kappa shape index (κ3) is 2.96. The molecule has 2 heterocycles. The van der Waals surface area contributed by atoms with Gasteiger partial charge in [-0.3, -0.25) is 9.13 Å². The van der Waals surface area contributed by atoms with E-state index in [1.165, 1.54) is 21.3 Å². The Hall–Kier alpha value is -2.78. The van der Waals surface area contributed by atoms with Crippen LogP contribution in [-0.4, -0.2) is 37.3 Å². The predicted octanol–water partition coefficient (Wildman–Crippen LogP) is 1.17. The Morgan fingerprint density at radius 1 is 1.14 bits per heavy atom. The number of fused-ring (bicyclic) bond motifs is 2. The van der Waals surface area contributed by atoms with Gasteiger partial charge in [-0.15, -0.1) is 0 Å². The summed E-state index contributed by atoms with van der Waals surface area (Å²) in [5, 5.41) is 0. The molecular weight excluding hydrogens is 382 g/mol. The van der Waals surface area contributed by atoms with Gasteiger partial charge in [0.1, 0.15) is 6.61 Å². The summed E-state index contributed by atoms with van der Waals surface area (Å²) in [5.41, 5.74) is 1.92. The molecule has 1 N–H and O–H groups in total. The largest absolute Gasteiger partial charge is 0.493 e. The zero-order valence-electron chi connectivity index (χ0n) is 15.8. The molecule has 3 aromatic rings. The van der Waals surface area contributed by atoms with Crippen molar-refractivity contribution in [1.29, 1.82) is 0 Å². The molecule has 0 radical (unpaired) electrons. The smallest absolute Gasteiger partial charge is 0.328 e. The van der Waals surface area contributed by atoms with Crippen LogP contribution in [0.25, 0.3) is 11.0 Å². The summed E-state index contributed by atoms with van der Waals surface area (Å²) in [5.74, 6) is 1.29. The second-order valence-electron chi connectivity index (χ2n) is 6.83. The van der Waals surface area contributed by atoms with Crippen molar-refractivity contribution in [2.45, 2.75) is 17.4 Å². The fraction of sp³-hybridized carbons (Fsp3) is 0.316. The van der Waals surface area contributed by atoms with Crippen LogP contribution in [0.15, 0.2) is 46.1 Å². The van der Waals surface area contributed by atoms with Gasteiger partial charge in [0, 0.05) is 14.1 Å². The van der Waals surface area contributed by atoms with Gasteiger partial charge in [-0.25, -0.2) is 17.9 Å². The number of sulfonamides is 1. The summed E-state index contributed by atoms with van der Waals surface area (Å²) in [4.78, 5) is 12.2. The number of nitrogens with zero attached hydrogens (tertiary/aromatic N) is 2. The second-order valence-corrected chi connectivity index (χ2v) is 8.55. The number of benzene rings is 2. The Balaban J connectivity index is 1.62. The predicted molar refractivity (Wildman–Crippen MR) is 104 cm³/mol.